The van der Waals surface area contributed by atoms with Crippen molar-refractivity contribution in [2.24, 2.45) is 0 Å². The Hall–Kier alpha value is -1.16. The van der Waals surface area contributed by atoms with Gasteiger partial charge in [0.05, 0.1) is 5.75 Å². The minimum atomic E-state index is -4.39. The summed E-state index contributed by atoms with van der Waals surface area (Å²) in [5, 5.41) is 4.26. The molecule has 0 saturated carbocycles. The minimum absolute atomic E-state index is 0.219. The zero-order valence-electron chi connectivity index (χ0n) is 10.3. The van der Waals surface area contributed by atoms with Crippen LogP contribution in [-0.2, 0) is 0 Å². The molecule has 0 unspecified atom stereocenters. The summed E-state index contributed by atoms with van der Waals surface area (Å²) in [6.45, 7) is -1.27. The number of anilines is 1. The Balaban J connectivity index is 2.45. The van der Waals surface area contributed by atoms with E-state index in [1.165, 1.54) is 24.3 Å². The molecule has 2 nitrogen and oxygen atoms in total. The summed E-state index contributed by atoms with van der Waals surface area (Å²) in [7, 11) is 0. The Morgan fingerprint density at radius 3 is 2.05 bits per heavy atom. The summed E-state index contributed by atoms with van der Waals surface area (Å²) in [5.74, 6) is -1.01. The number of halogens is 6. The van der Waals surface area contributed by atoms with E-state index in [9.17, 15) is 26.3 Å². The molecule has 0 aliphatic carbocycles. The molecule has 0 aliphatic heterocycles. The maximum absolute atomic E-state index is 12.0. The van der Waals surface area contributed by atoms with Crippen molar-refractivity contribution >= 4 is 34.8 Å². The van der Waals surface area contributed by atoms with Crippen molar-refractivity contribution in [2.75, 3.05) is 17.6 Å². The van der Waals surface area contributed by atoms with Crippen LogP contribution in [0.2, 0.25) is 0 Å². The van der Waals surface area contributed by atoms with Gasteiger partial charge in [-0.1, -0.05) is 0 Å². The van der Waals surface area contributed by atoms with Gasteiger partial charge in [0.2, 0.25) is 0 Å². The van der Waals surface area contributed by atoms with Gasteiger partial charge in [-0.15, -0.1) is 11.8 Å². The van der Waals surface area contributed by atoms with E-state index in [0.717, 1.165) is 0 Å². The van der Waals surface area contributed by atoms with E-state index in [4.69, 9.17) is 0 Å². The average Bonchev–Trinajstić information content (AvgIpc) is 2.34. The molecule has 0 amide bonds. The van der Waals surface area contributed by atoms with E-state index in [1.807, 2.05) is 5.32 Å². The van der Waals surface area contributed by atoms with E-state index >= 15 is 0 Å². The molecule has 0 aliphatic rings. The topological polar surface area (TPSA) is 24.1 Å². The predicted molar refractivity (Wildman–Crippen MR) is 73.5 cm³/mol. The maximum Gasteiger partial charge on any atom is 0.405 e. The number of thioether (sulfide) groups is 1. The van der Waals surface area contributed by atoms with E-state index in [1.54, 1.807) is 0 Å². The lowest BCUT2D eigenvalue weighted by atomic mass is 10.3. The Morgan fingerprint density at radius 1 is 1.00 bits per heavy atom. The van der Waals surface area contributed by atoms with Crippen LogP contribution in [0.25, 0.3) is 0 Å². The minimum Gasteiger partial charge on any atom is -0.353 e. The fourth-order valence-electron chi connectivity index (χ4n) is 1.16. The van der Waals surface area contributed by atoms with Gasteiger partial charge in [0.15, 0.2) is 5.11 Å². The van der Waals surface area contributed by atoms with Crippen LogP contribution in [0, 0.1) is 0 Å². The van der Waals surface area contributed by atoms with Crippen molar-refractivity contribution in [3.8, 4) is 0 Å². The number of hydrogen-bond acceptors (Lipinski definition) is 2. The molecular weight excluding hydrogens is 338 g/mol. The Labute approximate surface area is 126 Å². The average molecular weight is 348 g/mol. The number of alkyl halides is 6. The molecule has 21 heavy (non-hydrogen) atoms. The van der Waals surface area contributed by atoms with E-state index in [0.29, 0.717) is 22.3 Å². The van der Waals surface area contributed by atoms with Gasteiger partial charge in [-0.3, -0.25) is 0 Å². The molecule has 0 spiro atoms. The molecule has 0 fully saturated rings. The zero-order valence-corrected chi connectivity index (χ0v) is 11.9. The van der Waals surface area contributed by atoms with Crippen molar-refractivity contribution in [3.05, 3.63) is 24.3 Å². The van der Waals surface area contributed by atoms with Crippen LogP contribution >= 0.6 is 24.0 Å². The first-order chi connectivity index (χ1) is 9.55. The van der Waals surface area contributed by atoms with Gasteiger partial charge in [-0.25, -0.2) is 0 Å². The molecule has 1 aromatic carbocycles. The second kappa shape index (κ2) is 7.21. The highest BCUT2D eigenvalue weighted by Crippen LogP contribution is 2.27. The molecule has 0 aromatic heterocycles. The van der Waals surface area contributed by atoms with E-state index in [-0.39, 0.29) is 5.11 Å². The van der Waals surface area contributed by atoms with E-state index in [2.05, 4.69) is 17.5 Å². The van der Waals surface area contributed by atoms with Crippen molar-refractivity contribution in [3.63, 3.8) is 0 Å². The third-order valence-electron chi connectivity index (χ3n) is 1.96. The molecule has 10 heteroatoms. The number of hydrogen-bond donors (Lipinski definition) is 2. The van der Waals surface area contributed by atoms with Crippen LogP contribution in [0.4, 0.5) is 32.0 Å². The third kappa shape index (κ3) is 8.66. The normalized spacial score (nSPS) is 12.1. The number of nitrogens with one attached hydrogen (secondary N) is 2. The molecule has 1 rings (SSSR count). The molecule has 0 atom stereocenters. The standard InChI is InChI=1S/C11H10F6N2S2/c12-10(13,14)5-18-9(20)19-7-1-3-8(4-2-7)21-6-11(15,16)17/h1-4H,5-6H2,(H2,18,19,20). The second-order valence-electron chi connectivity index (χ2n) is 3.85. The lowest BCUT2D eigenvalue weighted by Crippen LogP contribution is -2.36. The zero-order chi connectivity index (χ0) is 16.1. The molecule has 2 N–H and O–H groups in total. The quantitative estimate of drug-likeness (QED) is 0.484. The first-order valence-electron chi connectivity index (χ1n) is 5.46. The SMILES string of the molecule is FC(F)(F)CNC(=S)Nc1ccc(SCC(F)(F)F)cc1. The monoisotopic (exact) mass is 348 g/mol. The predicted octanol–water partition coefficient (Wildman–Crippen LogP) is 4.19. The fraction of sp³-hybridized carbons (Fsp3) is 0.364. The van der Waals surface area contributed by atoms with Gasteiger partial charge in [0.25, 0.3) is 0 Å². The fourth-order valence-corrected chi connectivity index (χ4v) is 2.00. The molecular formula is C11H10F6N2S2. The molecule has 0 radical (unpaired) electrons. The van der Waals surface area contributed by atoms with Crippen LogP contribution < -0.4 is 10.6 Å². The van der Waals surface area contributed by atoms with Gasteiger partial charge in [0.1, 0.15) is 6.54 Å². The molecule has 0 saturated heterocycles. The Morgan fingerprint density at radius 2 is 1.57 bits per heavy atom. The van der Waals surface area contributed by atoms with Gasteiger partial charge >= 0.3 is 12.4 Å². The Kier molecular flexibility index (Phi) is 6.14. The van der Waals surface area contributed by atoms with Gasteiger partial charge in [-0.05, 0) is 36.5 Å². The molecule has 118 valence electrons. The lowest BCUT2D eigenvalue weighted by molar-refractivity contribution is -0.121. The van der Waals surface area contributed by atoms with Crippen LogP contribution in [0.3, 0.4) is 0 Å². The van der Waals surface area contributed by atoms with Crippen LogP contribution in [-0.4, -0.2) is 29.8 Å². The number of rotatable bonds is 4. The largest absolute Gasteiger partial charge is 0.405 e. The van der Waals surface area contributed by atoms with Crippen molar-refractivity contribution in [1.82, 2.24) is 5.32 Å². The summed E-state index contributed by atoms with van der Waals surface area (Å²) in [5.41, 5.74) is 0.381. The van der Waals surface area contributed by atoms with Crippen LogP contribution in [0.15, 0.2) is 29.2 Å². The van der Waals surface area contributed by atoms with Crippen LogP contribution in [0.1, 0.15) is 0 Å². The summed E-state index contributed by atoms with van der Waals surface area (Å²) in [4.78, 5) is 0.395. The third-order valence-corrected chi connectivity index (χ3v) is 3.29. The highest BCUT2D eigenvalue weighted by molar-refractivity contribution is 7.99. The Bertz CT molecular complexity index is 469. The number of thiocarbonyl (C=S) groups is 1. The number of benzene rings is 1. The summed E-state index contributed by atoms with van der Waals surface area (Å²) >= 11 is 5.28. The highest BCUT2D eigenvalue weighted by atomic mass is 32.2. The van der Waals surface area contributed by atoms with Crippen molar-refractivity contribution in [1.29, 1.82) is 0 Å². The van der Waals surface area contributed by atoms with Gasteiger partial charge < -0.3 is 10.6 Å². The summed E-state index contributed by atoms with van der Waals surface area (Å²) in [6.07, 6.45) is -8.64. The molecule has 0 heterocycles. The smallest absolute Gasteiger partial charge is 0.353 e. The van der Waals surface area contributed by atoms with Gasteiger partial charge in [-0.2, -0.15) is 26.3 Å². The van der Waals surface area contributed by atoms with Gasteiger partial charge in [0, 0.05) is 10.6 Å². The van der Waals surface area contributed by atoms with Crippen molar-refractivity contribution in [2.45, 2.75) is 17.2 Å². The molecule has 1 aromatic rings. The van der Waals surface area contributed by atoms with Crippen molar-refractivity contribution < 1.29 is 26.3 Å². The molecule has 0 bridgehead atoms. The maximum atomic E-state index is 12.0. The first-order valence-corrected chi connectivity index (χ1v) is 6.86. The summed E-state index contributed by atoms with van der Waals surface area (Å²) < 4.78 is 71.9. The summed E-state index contributed by atoms with van der Waals surface area (Å²) in [6, 6.07) is 5.71. The highest BCUT2D eigenvalue weighted by Gasteiger charge is 2.27. The lowest BCUT2D eigenvalue weighted by Gasteiger charge is -2.12. The van der Waals surface area contributed by atoms with Crippen LogP contribution in [0.5, 0.6) is 0 Å². The van der Waals surface area contributed by atoms with E-state index < -0.39 is 24.7 Å². The first kappa shape index (κ1) is 17.9. The second-order valence-corrected chi connectivity index (χ2v) is 5.31.